The fourth-order valence-electron chi connectivity index (χ4n) is 2.12. The fraction of sp³-hybridized carbons (Fsp3) is 1.00. The average molecular weight is 230 g/mol. The summed E-state index contributed by atoms with van der Waals surface area (Å²) >= 11 is 0. The summed E-state index contributed by atoms with van der Waals surface area (Å²) in [6.07, 6.45) is 3.91. The molecule has 1 unspecified atom stereocenters. The molecule has 0 aromatic heterocycles. The lowest BCUT2D eigenvalue weighted by Gasteiger charge is -2.23. The first-order valence-electron chi connectivity index (χ1n) is 6.30. The molecular weight excluding hydrogens is 204 g/mol. The molecule has 16 heavy (non-hydrogen) atoms. The van der Waals surface area contributed by atoms with Crippen LogP contribution in [0.15, 0.2) is 0 Å². The molecule has 0 aromatic carbocycles. The van der Waals surface area contributed by atoms with Crippen molar-refractivity contribution in [3.63, 3.8) is 0 Å². The van der Waals surface area contributed by atoms with Gasteiger partial charge in [-0.2, -0.15) is 0 Å². The van der Waals surface area contributed by atoms with Gasteiger partial charge in [0.2, 0.25) is 0 Å². The summed E-state index contributed by atoms with van der Waals surface area (Å²) < 4.78 is 10.3. The van der Waals surface area contributed by atoms with E-state index in [0.717, 1.165) is 38.9 Å². The van der Waals surface area contributed by atoms with E-state index in [0.29, 0.717) is 0 Å². The number of hydrogen-bond acceptors (Lipinski definition) is 4. The molecule has 0 radical (unpaired) electrons. The molecule has 96 valence electrons. The summed E-state index contributed by atoms with van der Waals surface area (Å²) in [6.45, 7) is 5.97. The Morgan fingerprint density at radius 3 is 2.31 bits per heavy atom. The third kappa shape index (κ3) is 5.80. The van der Waals surface area contributed by atoms with E-state index in [9.17, 15) is 0 Å². The summed E-state index contributed by atoms with van der Waals surface area (Å²) in [6, 6.07) is 0.729. The lowest BCUT2D eigenvalue weighted by Crippen LogP contribution is -2.35. The number of methoxy groups -OCH3 is 2. The topological polar surface area (TPSA) is 33.7 Å². The second-order valence-electron chi connectivity index (χ2n) is 4.41. The quantitative estimate of drug-likeness (QED) is 0.633. The molecule has 0 saturated carbocycles. The highest BCUT2D eigenvalue weighted by Crippen LogP contribution is 2.09. The Morgan fingerprint density at radius 1 is 1.12 bits per heavy atom. The Balaban J connectivity index is 2.13. The van der Waals surface area contributed by atoms with Gasteiger partial charge < -0.3 is 14.8 Å². The van der Waals surface area contributed by atoms with Crippen LogP contribution in [0.5, 0.6) is 0 Å². The molecule has 4 nitrogen and oxygen atoms in total. The van der Waals surface area contributed by atoms with Gasteiger partial charge in [-0.3, -0.25) is 4.90 Å². The molecule has 0 aliphatic carbocycles. The number of nitrogens with one attached hydrogen (secondary N) is 1. The van der Waals surface area contributed by atoms with E-state index in [-0.39, 0.29) is 0 Å². The highest BCUT2D eigenvalue weighted by atomic mass is 16.5. The Bertz CT molecular complexity index is 153. The van der Waals surface area contributed by atoms with Gasteiger partial charge in [-0.1, -0.05) is 0 Å². The van der Waals surface area contributed by atoms with Crippen LogP contribution in [0.4, 0.5) is 0 Å². The molecule has 1 saturated heterocycles. The number of ether oxygens (including phenoxy) is 2. The predicted molar refractivity (Wildman–Crippen MR) is 65.8 cm³/mol. The Hall–Kier alpha value is -0.160. The van der Waals surface area contributed by atoms with E-state index >= 15 is 0 Å². The van der Waals surface area contributed by atoms with E-state index in [2.05, 4.69) is 10.2 Å². The van der Waals surface area contributed by atoms with Crippen molar-refractivity contribution in [3.8, 4) is 0 Å². The number of rotatable bonds is 9. The zero-order chi connectivity index (χ0) is 11.6. The zero-order valence-electron chi connectivity index (χ0n) is 10.7. The normalized spacial score (nSPS) is 20.8. The molecule has 1 heterocycles. The van der Waals surface area contributed by atoms with Crippen LogP contribution in [0.2, 0.25) is 0 Å². The lowest BCUT2D eigenvalue weighted by atomic mass is 10.1. The van der Waals surface area contributed by atoms with Crippen molar-refractivity contribution in [2.24, 2.45) is 0 Å². The minimum Gasteiger partial charge on any atom is -0.383 e. The summed E-state index contributed by atoms with van der Waals surface area (Å²) in [4.78, 5) is 2.42. The number of hydrogen-bond donors (Lipinski definition) is 1. The third-order valence-corrected chi connectivity index (χ3v) is 3.18. The van der Waals surface area contributed by atoms with Crippen LogP contribution in [0.25, 0.3) is 0 Å². The molecular formula is C12H26N2O2. The second-order valence-corrected chi connectivity index (χ2v) is 4.41. The SMILES string of the molecule is COCCN(CCOC)CCC1CCCN1. The van der Waals surface area contributed by atoms with Crippen molar-refractivity contribution >= 4 is 0 Å². The highest BCUT2D eigenvalue weighted by molar-refractivity contribution is 4.75. The van der Waals surface area contributed by atoms with Gasteiger partial charge in [0.15, 0.2) is 0 Å². The van der Waals surface area contributed by atoms with Crippen LogP contribution in [-0.4, -0.2) is 64.6 Å². The minimum atomic E-state index is 0.729. The van der Waals surface area contributed by atoms with Gasteiger partial charge in [-0.25, -0.2) is 0 Å². The first-order valence-corrected chi connectivity index (χ1v) is 6.30. The third-order valence-electron chi connectivity index (χ3n) is 3.18. The Labute approximate surface area is 99.3 Å². The van der Waals surface area contributed by atoms with Crippen molar-refractivity contribution in [2.75, 3.05) is 53.6 Å². The maximum absolute atomic E-state index is 5.13. The fourth-order valence-corrected chi connectivity index (χ4v) is 2.12. The van der Waals surface area contributed by atoms with Crippen LogP contribution in [-0.2, 0) is 9.47 Å². The van der Waals surface area contributed by atoms with E-state index in [1.54, 1.807) is 14.2 Å². The van der Waals surface area contributed by atoms with Crippen LogP contribution >= 0.6 is 0 Å². The van der Waals surface area contributed by atoms with Crippen molar-refractivity contribution in [3.05, 3.63) is 0 Å². The lowest BCUT2D eigenvalue weighted by molar-refractivity contribution is 0.112. The van der Waals surface area contributed by atoms with Gasteiger partial charge in [0, 0.05) is 33.4 Å². The summed E-state index contributed by atoms with van der Waals surface area (Å²) in [5.41, 5.74) is 0. The van der Waals surface area contributed by atoms with Gasteiger partial charge in [0.1, 0.15) is 0 Å². The van der Waals surface area contributed by atoms with Gasteiger partial charge in [0.25, 0.3) is 0 Å². The van der Waals surface area contributed by atoms with Crippen LogP contribution in [0.3, 0.4) is 0 Å². The van der Waals surface area contributed by atoms with Crippen molar-refractivity contribution < 1.29 is 9.47 Å². The molecule has 1 atom stereocenters. The van der Waals surface area contributed by atoms with E-state index < -0.39 is 0 Å². The standard InChI is InChI=1S/C12H26N2O2/c1-15-10-8-14(9-11-16-2)7-5-12-4-3-6-13-12/h12-13H,3-11H2,1-2H3. The summed E-state index contributed by atoms with van der Waals surface area (Å²) in [7, 11) is 3.51. The molecule has 1 rings (SSSR count). The Morgan fingerprint density at radius 2 is 1.81 bits per heavy atom. The van der Waals surface area contributed by atoms with Crippen molar-refractivity contribution in [1.82, 2.24) is 10.2 Å². The smallest absolute Gasteiger partial charge is 0.0589 e. The van der Waals surface area contributed by atoms with Gasteiger partial charge in [0.05, 0.1) is 13.2 Å². The van der Waals surface area contributed by atoms with E-state index in [4.69, 9.17) is 9.47 Å². The highest BCUT2D eigenvalue weighted by Gasteiger charge is 2.15. The maximum Gasteiger partial charge on any atom is 0.0589 e. The van der Waals surface area contributed by atoms with Crippen molar-refractivity contribution in [2.45, 2.75) is 25.3 Å². The number of nitrogens with zero attached hydrogens (tertiary/aromatic N) is 1. The summed E-state index contributed by atoms with van der Waals surface area (Å²) in [5.74, 6) is 0. The first-order chi connectivity index (χ1) is 7.86. The monoisotopic (exact) mass is 230 g/mol. The summed E-state index contributed by atoms with van der Waals surface area (Å²) in [5, 5.41) is 3.53. The predicted octanol–water partition coefficient (Wildman–Crippen LogP) is 0.723. The Kier molecular flexibility index (Phi) is 7.76. The molecule has 1 aliphatic heterocycles. The minimum absolute atomic E-state index is 0.729. The molecule has 1 aliphatic rings. The molecule has 0 amide bonds. The molecule has 0 aromatic rings. The molecule has 1 fully saturated rings. The van der Waals surface area contributed by atoms with Gasteiger partial charge in [-0.15, -0.1) is 0 Å². The molecule has 0 spiro atoms. The molecule has 4 heteroatoms. The first kappa shape index (κ1) is 13.9. The van der Waals surface area contributed by atoms with Gasteiger partial charge in [-0.05, 0) is 32.4 Å². The maximum atomic E-state index is 5.13. The van der Waals surface area contributed by atoms with Crippen molar-refractivity contribution in [1.29, 1.82) is 0 Å². The van der Waals surface area contributed by atoms with Crippen LogP contribution < -0.4 is 5.32 Å². The average Bonchev–Trinajstić information content (AvgIpc) is 2.81. The van der Waals surface area contributed by atoms with Crippen LogP contribution in [0.1, 0.15) is 19.3 Å². The van der Waals surface area contributed by atoms with E-state index in [1.165, 1.54) is 25.8 Å². The second kappa shape index (κ2) is 8.93. The van der Waals surface area contributed by atoms with Gasteiger partial charge >= 0.3 is 0 Å². The van der Waals surface area contributed by atoms with Crippen LogP contribution in [0, 0.1) is 0 Å². The molecule has 1 N–H and O–H groups in total. The van der Waals surface area contributed by atoms with E-state index in [1.807, 2.05) is 0 Å². The molecule has 0 bridgehead atoms. The largest absolute Gasteiger partial charge is 0.383 e. The zero-order valence-corrected chi connectivity index (χ0v) is 10.7.